The van der Waals surface area contributed by atoms with Crippen LogP contribution < -0.4 is 14.8 Å². The summed E-state index contributed by atoms with van der Waals surface area (Å²) in [6, 6.07) is 11.1. The van der Waals surface area contributed by atoms with Crippen molar-refractivity contribution >= 4 is 22.8 Å². The summed E-state index contributed by atoms with van der Waals surface area (Å²) in [6.07, 6.45) is -4.13. The third-order valence-corrected chi connectivity index (χ3v) is 7.42. The van der Waals surface area contributed by atoms with Crippen molar-refractivity contribution in [1.82, 2.24) is 15.3 Å². The third-order valence-electron chi connectivity index (χ3n) is 7.42. The number of aromatic nitrogens is 2. The van der Waals surface area contributed by atoms with Gasteiger partial charge in [0.1, 0.15) is 46.6 Å². The Morgan fingerprint density at radius 1 is 1.18 bits per heavy atom. The zero-order valence-corrected chi connectivity index (χ0v) is 23.0. The molecule has 0 radical (unpaired) electrons. The van der Waals surface area contributed by atoms with E-state index in [4.69, 9.17) is 9.47 Å². The number of amides is 1. The van der Waals surface area contributed by atoms with E-state index < -0.39 is 53.7 Å². The van der Waals surface area contributed by atoms with Crippen LogP contribution in [-0.4, -0.2) is 58.5 Å². The highest BCUT2D eigenvalue weighted by Gasteiger charge is 2.58. The second-order valence-corrected chi connectivity index (χ2v) is 10.3. The van der Waals surface area contributed by atoms with E-state index in [9.17, 15) is 42.6 Å². The molecule has 2 atom stereocenters. The molecule has 44 heavy (non-hydrogen) atoms. The van der Waals surface area contributed by atoms with Crippen LogP contribution in [0.15, 0.2) is 54.7 Å². The van der Waals surface area contributed by atoms with Crippen LogP contribution in [-0.2, 0) is 15.8 Å². The predicted octanol–water partition coefficient (Wildman–Crippen LogP) is 4.23. The number of halogens is 4. The highest BCUT2D eigenvalue weighted by Crippen LogP contribution is 2.48. The van der Waals surface area contributed by atoms with Gasteiger partial charge in [0.2, 0.25) is 5.60 Å². The summed E-state index contributed by atoms with van der Waals surface area (Å²) in [5.74, 6) is -3.10. The molecule has 0 aliphatic carbocycles. The molecule has 3 heterocycles. The standard InChI is InChI=1S/C30H22F4N4O6/c1-28(27(40)41)14-44-25-20(28)10-22(38-24(25)16-3-5-19(31)6-4-16)29(42,30(32,33)34)13-37-26(39)18-8-17-7-15(11-35)12-36-23(17)21(9-18)43-2/h3-10,12,42H,13-14H2,1-2H3,(H,37,39)(H,40,41)/t28-,29-/m0/s1. The summed E-state index contributed by atoms with van der Waals surface area (Å²) in [5, 5.41) is 32.7. The molecule has 1 amide bonds. The van der Waals surface area contributed by atoms with Crippen LogP contribution in [0.3, 0.4) is 0 Å². The van der Waals surface area contributed by atoms with E-state index >= 15 is 0 Å². The van der Waals surface area contributed by atoms with Crippen LogP contribution in [0.25, 0.3) is 22.2 Å². The zero-order valence-electron chi connectivity index (χ0n) is 23.0. The first-order valence-corrected chi connectivity index (χ1v) is 12.8. The molecule has 4 aromatic rings. The van der Waals surface area contributed by atoms with Gasteiger partial charge in [0.25, 0.3) is 5.91 Å². The van der Waals surface area contributed by atoms with Gasteiger partial charge in [0.05, 0.1) is 24.9 Å². The number of aliphatic carboxylic acids is 1. The number of ether oxygens (including phenoxy) is 2. The Balaban J connectivity index is 1.59. The van der Waals surface area contributed by atoms with Crippen molar-refractivity contribution in [1.29, 1.82) is 5.26 Å². The number of nitriles is 1. The summed E-state index contributed by atoms with van der Waals surface area (Å²) in [6.45, 7) is -0.622. The minimum atomic E-state index is -5.42. The molecule has 0 bridgehead atoms. The molecule has 226 valence electrons. The molecule has 0 saturated carbocycles. The fourth-order valence-electron chi connectivity index (χ4n) is 4.79. The minimum Gasteiger partial charge on any atom is -0.494 e. The van der Waals surface area contributed by atoms with Crippen molar-refractivity contribution < 1.29 is 46.8 Å². The average molecular weight is 611 g/mol. The Morgan fingerprint density at radius 3 is 2.50 bits per heavy atom. The lowest BCUT2D eigenvalue weighted by Gasteiger charge is -2.31. The van der Waals surface area contributed by atoms with Gasteiger partial charge in [0, 0.05) is 28.3 Å². The molecule has 1 aliphatic rings. The van der Waals surface area contributed by atoms with E-state index in [2.05, 4.69) is 15.3 Å². The number of hydrogen-bond donors (Lipinski definition) is 3. The summed E-state index contributed by atoms with van der Waals surface area (Å²) in [5.41, 5.74) is -6.67. The molecule has 5 rings (SSSR count). The van der Waals surface area contributed by atoms with Crippen molar-refractivity contribution in [2.75, 3.05) is 20.3 Å². The van der Waals surface area contributed by atoms with Gasteiger partial charge < -0.3 is 25.0 Å². The van der Waals surface area contributed by atoms with Crippen molar-refractivity contribution in [2.24, 2.45) is 0 Å². The molecule has 0 spiro atoms. The lowest BCUT2D eigenvalue weighted by molar-refractivity contribution is -0.265. The van der Waals surface area contributed by atoms with Gasteiger partial charge in [-0.2, -0.15) is 18.4 Å². The van der Waals surface area contributed by atoms with Gasteiger partial charge in [-0.15, -0.1) is 0 Å². The number of nitrogens with zero attached hydrogens (tertiary/aromatic N) is 3. The van der Waals surface area contributed by atoms with Crippen LogP contribution in [0.2, 0.25) is 0 Å². The molecule has 0 fully saturated rings. The third kappa shape index (κ3) is 5.01. The zero-order chi connectivity index (χ0) is 32.0. The van der Waals surface area contributed by atoms with Gasteiger partial charge in [-0.25, -0.2) is 9.37 Å². The van der Waals surface area contributed by atoms with Gasteiger partial charge in [0.15, 0.2) is 0 Å². The number of carboxylic acids is 1. The summed E-state index contributed by atoms with van der Waals surface area (Å²) < 4.78 is 68.4. The average Bonchev–Trinajstić information content (AvgIpc) is 3.35. The minimum absolute atomic E-state index is 0.0984. The number of pyridine rings is 2. The summed E-state index contributed by atoms with van der Waals surface area (Å²) in [7, 11) is 1.30. The quantitative estimate of drug-likeness (QED) is 0.261. The van der Waals surface area contributed by atoms with Crippen molar-refractivity contribution in [2.45, 2.75) is 24.1 Å². The van der Waals surface area contributed by atoms with Crippen LogP contribution in [0.4, 0.5) is 17.6 Å². The summed E-state index contributed by atoms with van der Waals surface area (Å²) >= 11 is 0. The van der Waals surface area contributed by atoms with E-state index in [0.29, 0.717) is 10.9 Å². The van der Waals surface area contributed by atoms with Crippen molar-refractivity contribution in [3.05, 3.63) is 82.9 Å². The van der Waals surface area contributed by atoms with E-state index in [1.165, 1.54) is 50.6 Å². The Labute approximate surface area is 246 Å². The first-order valence-electron chi connectivity index (χ1n) is 12.8. The molecule has 10 nitrogen and oxygen atoms in total. The highest BCUT2D eigenvalue weighted by atomic mass is 19.4. The van der Waals surface area contributed by atoms with Crippen LogP contribution in [0, 0.1) is 17.1 Å². The SMILES string of the molecule is COc1cc(C(=O)NC[C@](O)(c2cc3c(c(-c4ccc(F)cc4)n2)OC[C@]3(C)C(=O)O)C(F)(F)F)cc2cc(C#N)cnc12. The maximum absolute atomic E-state index is 14.6. The Hall–Kier alpha value is -5.29. The number of hydrogen-bond acceptors (Lipinski definition) is 8. The van der Waals surface area contributed by atoms with E-state index in [-0.39, 0.29) is 39.4 Å². The van der Waals surface area contributed by atoms with E-state index in [0.717, 1.165) is 18.2 Å². The largest absolute Gasteiger partial charge is 0.494 e. The van der Waals surface area contributed by atoms with E-state index in [1.807, 2.05) is 6.07 Å². The number of aliphatic hydroxyl groups is 1. The fourth-order valence-corrected chi connectivity index (χ4v) is 4.79. The number of carboxylic acid groups (broad SMARTS) is 1. The molecule has 0 unspecified atom stereocenters. The molecule has 2 aromatic carbocycles. The smallest absolute Gasteiger partial charge is 0.424 e. The monoisotopic (exact) mass is 610 g/mol. The van der Waals surface area contributed by atoms with Gasteiger partial charge in [-0.1, -0.05) is 0 Å². The fraction of sp³-hybridized carbons (Fsp3) is 0.233. The number of alkyl halides is 3. The van der Waals surface area contributed by atoms with Crippen LogP contribution in [0.1, 0.15) is 34.1 Å². The maximum Gasteiger partial charge on any atom is 0.424 e. The molecule has 3 N–H and O–H groups in total. The molecule has 2 aromatic heterocycles. The number of carbonyl (C=O) groups excluding carboxylic acids is 1. The molecule has 14 heteroatoms. The first kappa shape index (κ1) is 30.2. The number of methoxy groups -OCH3 is 1. The Morgan fingerprint density at radius 2 is 1.89 bits per heavy atom. The van der Waals surface area contributed by atoms with Gasteiger partial charge in [-0.05, 0) is 55.5 Å². The van der Waals surface area contributed by atoms with Crippen molar-refractivity contribution in [3.63, 3.8) is 0 Å². The topological polar surface area (TPSA) is 155 Å². The first-order chi connectivity index (χ1) is 20.7. The number of carbonyl (C=O) groups is 2. The lowest BCUT2D eigenvalue weighted by Crippen LogP contribution is -2.51. The van der Waals surface area contributed by atoms with Gasteiger partial charge >= 0.3 is 12.1 Å². The van der Waals surface area contributed by atoms with E-state index in [1.54, 1.807) is 0 Å². The van der Waals surface area contributed by atoms with Gasteiger partial charge in [-0.3, -0.25) is 14.6 Å². The van der Waals surface area contributed by atoms with Crippen molar-refractivity contribution in [3.8, 4) is 28.8 Å². The predicted molar refractivity (Wildman–Crippen MR) is 145 cm³/mol. The lowest BCUT2D eigenvalue weighted by atomic mass is 9.82. The second-order valence-electron chi connectivity index (χ2n) is 10.3. The number of nitrogens with one attached hydrogen (secondary N) is 1. The molecular formula is C30H22F4N4O6. The number of rotatable bonds is 7. The van der Waals surface area contributed by atoms with Crippen LogP contribution in [0.5, 0.6) is 11.5 Å². The van der Waals surface area contributed by atoms with Crippen LogP contribution >= 0.6 is 0 Å². The molecule has 1 aliphatic heterocycles. The molecule has 0 saturated heterocycles. The highest BCUT2D eigenvalue weighted by molar-refractivity contribution is 6.00. The Kier molecular flexibility index (Phi) is 7.38. The number of benzene rings is 2. The summed E-state index contributed by atoms with van der Waals surface area (Å²) in [4.78, 5) is 33.4. The second kappa shape index (κ2) is 10.8. The molecular weight excluding hydrogens is 588 g/mol. The normalized spacial score (nSPS) is 17.2. The maximum atomic E-state index is 14.6. The number of fused-ring (bicyclic) bond motifs is 2. The Bertz CT molecular complexity index is 1860.